The maximum Gasteiger partial charge on any atom is 0.280 e. The van der Waals surface area contributed by atoms with Gasteiger partial charge in [0, 0.05) is 7.11 Å². The lowest BCUT2D eigenvalue weighted by Crippen LogP contribution is -2.40. The minimum absolute atomic E-state index is 0.0387. The zero-order chi connectivity index (χ0) is 15.5. The van der Waals surface area contributed by atoms with Gasteiger partial charge in [0.1, 0.15) is 17.8 Å². The number of nitrogens with one attached hydrogen (secondary N) is 1. The minimum Gasteiger partial charge on any atom is -0.375 e. The number of ether oxygens (including phenoxy) is 3. The van der Waals surface area contributed by atoms with Crippen LogP contribution in [0.4, 0.5) is 5.95 Å². The summed E-state index contributed by atoms with van der Waals surface area (Å²) in [6, 6.07) is 0. The topological polar surface area (TPSA) is 117 Å². The molecule has 2 aromatic rings. The molecule has 2 saturated heterocycles. The molecule has 9 nitrogen and oxygen atoms in total. The van der Waals surface area contributed by atoms with Crippen LogP contribution in [0.3, 0.4) is 0 Å². The third-order valence-corrected chi connectivity index (χ3v) is 4.55. The molecule has 4 atom stereocenters. The van der Waals surface area contributed by atoms with Crippen molar-refractivity contribution in [1.82, 2.24) is 19.5 Å². The molecule has 0 aliphatic carbocycles. The number of nitrogen functional groups attached to an aromatic ring is 1. The molecule has 3 N–H and O–H groups in total. The second kappa shape index (κ2) is 4.51. The van der Waals surface area contributed by atoms with Crippen molar-refractivity contribution in [3.05, 3.63) is 16.7 Å². The highest BCUT2D eigenvalue weighted by Crippen LogP contribution is 2.48. The Kier molecular flexibility index (Phi) is 2.80. The molecule has 2 bridgehead atoms. The van der Waals surface area contributed by atoms with Gasteiger partial charge in [-0.15, -0.1) is 0 Å². The van der Waals surface area contributed by atoms with Crippen LogP contribution in [-0.2, 0) is 14.2 Å². The molecule has 0 saturated carbocycles. The zero-order valence-electron chi connectivity index (χ0n) is 12.3. The average molecular weight is 307 g/mol. The molecular formula is C13H17N5O4. The van der Waals surface area contributed by atoms with Gasteiger partial charge in [0.05, 0.1) is 12.9 Å². The number of nitrogens with two attached hydrogens (primary N) is 1. The maximum absolute atomic E-state index is 11.9. The van der Waals surface area contributed by atoms with Crippen LogP contribution in [0.15, 0.2) is 11.1 Å². The van der Waals surface area contributed by atoms with Gasteiger partial charge in [-0.05, 0) is 6.42 Å². The lowest BCUT2D eigenvalue weighted by Gasteiger charge is -2.30. The van der Waals surface area contributed by atoms with Crippen molar-refractivity contribution in [2.45, 2.75) is 37.4 Å². The summed E-state index contributed by atoms with van der Waals surface area (Å²) < 4.78 is 19.3. The molecule has 0 amide bonds. The van der Waals surface area contributed by atoms with Gasteiger partial charge in [-0.3, -0.25) is 14.3 Å². The van der Waals surface area contributed by atoms with E-state index in [0.717, 1.165) is 6.42 Å². The van der Waals surface area contributed by atoms with E-state index in [2.05, 4.69) is 15.0 Å². The number of H-pyrrole nitrogens is 1. The number of methoxy groups -OCH3 is 1. The summed E-state index contributed by atoms with van der Waals surface area (Å²) in [5, 5.41) is 0. The van der Waals surface area contributed by atoms with E-state index in [1.807, 2.05) is 6.92 Å². The molecule has 9 heteroatoms. The van der Waals surface area contributed by atoms with Crippen LogP contribution in [0.1, 0.15) is 19.6 Å². The van der Waals surface area contributed by atoms with E-state index in [1.165, 1.54) is 6.33 Å². The zero-order valence-corrected chi connectivity index (χ0v) is 12.3. The fourth-order valence-electron chi connectivity index (χ4n) is 3.43. The van der Waals surface area contributed by atoms with Gasteiger partial charge < -0.3 is 19.9 Å². The van der Waals surface area contributed by atoms with Crippen molar-refractivity contribution >= 4 is 17.1 Å². The number of anilines is 1. The lowest BCUT2D eigenvalue weighted by atomic mass is 9.96. The number of aromatic amines is 1. The van der Waals surface area contributed by atoms with Gasteiger partial charge in [0.15, 0.2) is 17.4 Å². The van der Waals surface area contributed by atoms with Crippen molar-refractivity contribution in [3.63, 3.8) is 0 Å². The third kappa shape index (κ3) is 1.61. The average Bonchev–Trinajstić information content (AvgIpc) is 3.15. The molecule has 2 unspecified atom stereocenters. The summed E-state index contributed by atoms with van der Waals surface area (Å²) in [4.78, 5) is 22.6. The largest absolute Gasteiger partial charge is 0.375 e. The summed E-state index contributed by atoms with van der Waals surface area (Å²) in [6.45, 7) is 2.53. The van der Waals surface area contributed by atoms with Crippen molar-refractivity contribution in [2.24, 2.45) is 0 Å². The Bertz CT molecular complexity index is 786. The quantitative estimate of drug-likeness (QED) is 0.805. The second-order valence-electron chi connectivity index (χ2n) is 5.63. The van der Waals surface area contributed by atoms with E-state index in [9.17, 15) is 4.79 Å². The van der Waals surface area contributed by atoms with Crippen LogP contribution in [0.5, 0.6) is 0 Å². The number of imidazole rings is 1. The van der Waals surface area contributed by atoms with Gasteiger partial charge >= 0.3 is 0 Å². The van der Waals surface area contributed by atoms with Crippen LogP contribution in [0, 0.1) is 0 Å². The highest BCUT2D eigenvalue weighted by molar-refractivity contribution is 5.70. The van der Waals surface area contributed by atoms with E-state index in [1.54, 1.807) is 11.7 Å². The lowest BCUT2D eigenvalue weighted by molar-refractivity contribution is -0.173. The van der Waals surface area contributed by atoms with E-state index >= 15 is 0 Å². The Morgan fingerprint density at radius 2 is 2.45 bits per heavy atom. The standard InChI is InChI=1S/C13H17N5O4/c1-3-13-4-21-7(8(13)20-2)11(22-13)18-5-15-6-9(18)16-12(14)17-10(6)19/h5,7-8,11H,3-4H2,1-2H3,(H3,14,16,17,19)/t7?,8-,11?,13-/m1/s1. The number of rotatable bonds is 3. The number of hydrogen-bond acceptors (Lipinski definition) is 7. The SMILES string of the molecule is CC[C@]12COC(C(n3cnc4c(=O)[nH]c(N)nc43)O1)[C@H]2OC. The molecule has 0 radical (unpaired) electrons. The second-order valence-corrected chi connectivity index (χ2v) is 5.63. The van der Waals surface area contributed by atoms with E-state index < -0.39 is 11.8 Å². The Labute approximate surface area is 125 Å². The Hall–Kier alpha value is -1.97. The van der Waals surface area contributed by atoms with E-state index in [4.69, 9.17) is 19.9 Å². The first-order chi connectivity index (χ1) is 10.6. The van der Waals surface area contributed by atoms with Crippen LogP contribution in [0.2, 0.25) is 0 Å². The summed E-state index contributed by atoms with van der Waals surface area (Å²) in [5.41, 5.74) is 5.37. The Balaban J connectivity index is 1.83. The van der Waals surface area contributed by atoms with Crippen molar-refractivity contribution < 1.29 is 14.2 Å². The number of aromatic nitrogens is 4. The third-order valence-electron chi connectivity index (χ3n) is 4.55. The molecule has 0 spiro atoms. The first-order valence-corrected chi connectivity index (χ1v) is 7.14. The highest BCUT2D eigenvalue weighted by Gasteiger charge is 2.61. The minimum atomic E-state index is -0.479. The molecule has 2 aliphatic rings. The molecule has 4 rings (SSSR count). The highest BCUT2D eigenvalue weighted by atomic mass is 16.7. The molecule has 22 heavy (non-hydrogen) atoms. The monoisotopic (exact) mass is 307 g/mol. The molecule has 2 aromatic heterocycles. The first-order valence-electron chi connectivity index (χ1n) is 7.14. The molecule has 0 aromatic carbocycles. The van der Waals surface area contributed by atoms with Crippen molar-refractivity contribution in [1.29, 1.82) is 0 Å². The fraction of sp³-hybridized carbons (Fsp3) is 0.615. The molecule has 2 fully saturated rings. The molecule has 118 valence electrons. The van der Waals surface area contributed by atoms with Crippen LogP contribution in [-0.4, -0.2) is 51.0 Å². The number of nitrogens with zero attached hydrogens (tertiary/aromatic N) is 3. The molecule has 2 aliphatic heterocycles. The van der Waals surface area contributed by atoms with Crippen LogP contribution in [0.25, 0.3) is 11.2 Å². The number of hydrogen-bond donors (Lipinski definition) is 2. The molecule has 4 heterocycles. The summed E-state index contributed by atoms with van der Waals surface area (Å²) in [7, 11) is 1.65. The fourth-order valence-corrected chi connectivity index (χ4v) is 3.43. The van der Waals surface area contributed by atoms with E-state index in [0.29, 0.717) is 12.3 Å². The Morgan fingerprint density at radius 3 is 3.14 bits per heavy atom. The Morgan fingerprint density at radius 1 is 1.64 bits per heavy atom. The first kappa shape index (κ1) is 13.7. The predicted molar refractivity (Wildman–Crippen MR) is 76.2 cm³/mol. The van der Waals surface area contributed by atoms with Crippen molar-refractivity contribution in [2.75, 3.05) is 19.5 Å². The summed E-state index contributed by atoms with van der Waals surface area (Å²) in [6.07, 6.45) is 1.40. The van der Waals surface area contributed by atoms with Crippen molar-refractivity contribution in [3.8, 4) is 0 Å². The summed E-state index contributed by atoms with van der Waals surface area (Å²) in [5.74, 6) is 0.0387. The van der Waals surface area contributed by atoms with Crippen LogP contribution >= 0.6 is 0 Å². The van der Waals surface area contributed by atoms with Gasteiger partial charge in [-0.1, -0.05) is 6.92 Å². The van der Waals surface area contributed by atoms with Crippen LogP contribution < -0.4 is 11.3 Å². The smallest absolute Gasteiger partial charge is 0.280 e. The van der Waals surface area contributed by atoms with E-state index in [-0.39, 0.29) is 29.2 Å². The summed E-state index contributed by atoms with van der Waals surface area (Å²) >= 11 is 0. The van der Waals surface area contributed by atoms with Gasteiger partial charge in [0.2, 0.25) is 5.95 Å². The number of fused-ring (bicyclic) bond motifs is 3. The van der Waals surface area contributed by atoms with Gasteiger partial charge in [-0.2, -0.15) is 4.98 Å². The predicted octanol–water partition coefficient (Wildman–Crippen LogP) is -0.207. The van der Waals surface area contributed by atoms with Gasteiger partial charge in [0.25, 0.3) is 5.56 Å². The normalized spacial score (nSPS) is 33.8. The van der Waals surface area contributed by atoms with Gasteiger partial charge in [-0.25, -0.2) is 4.98 Å². The maximum atomic E-state index is 11.9. The molecular weight excluding hydrogens is 290 g/mol.